The molecule has 0 amide bonds. The minimum atomic E-state index is -2.90. The van der Waals surface area contributed by atoms with Gasteiger partial charge in [-0.15, -0.1) is 0 Å². The molecular formula is C18H16NOP. The van der Waals surface area contributed by atoms with Gasteiger partial charge in [0.25, 0.3) is 0 Å². The van der Waals surface area contributed by atoms with E-state index in [0.717, 1.165) is 16.3 Å². The highest BCUT2D eigenvalue weighted by Gasteiger charge is 2.26. The van der Waals surface area contributed by atoms with Crippen molar-refractivity contribution in [2.24, 2.45) is 0 Å². The summed E-state index contributed by atoms with van der Waals surface area (Å²) in [7, 11) is -2.90. The molecule has 0 aliphatic carbocycles. The molecule has 3 aromatic rings. The van der Waals surface area contributed by atoms with Crippen LogP contribution in [0.25, 0.3) is 0 Å². The van der Waals surface area contributed by atoms with Gasteiger partial charge in [-0.1, -0.05) is 54.6 Å². The Balaban J connectivity index is 2.10. The summed E-state index contributed by atoms with van der Waals surface area (Å²) in [5, 5.41) is 4.85. The van der Waals surface area contributed by atoms with Gasteiger partial charge in [0.15, 0.2) is 0 Å². The van der Waals surface area contributed by atoms with Gasteiger partial charge in [0.05, 0.1) is 0 Å². The zero-order valence-corrected chi connectivity index (χ0v) is 12.4. The van der Waals surface area contributed by atoms with Crippen molar-refractivity contribution in [3.05, 3.63) is 91.0 Å². The van der Waals surface area contributed by atoms with Gasteiger partial charge in [-0.2, -0.15) is 0 Å². The second kappa shape index (κ2) is 5.99. The maximum absolute atomic E-state index is 13.7. The number of hydrogen-bond donors (Lipinski definition) is 1. The Morgan fingerprint density at radius 1 is 0.571 bits per heavy atom. The minimum Gasteiger partial charge on any atom is -0.329 e. The van der Waals surface area contributed by atoms with E-state index in [9.17, 15) is 4.57 Å². The third-order valence-electron chi connectivity index (χ3n) is 3.30. The van der Waals surface area contributed by atoms with E-state index in [1.54, 1.807) is 0 Å². The van der Waals surface area contributed by atoms with Crippen molar-refractivity contribution in [2.45, 2.75) is 0 Å². The molecule has 104 valence electrons. The molecule has 0 spiro atoms. The average molecular weight is 293 g/mol. The van der Waals surface area contributed by atoms with E-state index in [0.29, 0.717) is 0 Å². The van der Waals surface area contributed by atoms with Crippen LogP contribution in [0, 0.1) is 0 Å². The lowest BCUT2D eigenvalue weighted by atomic mass is 10.3. The SMILES string of the molecule is O=P(Nc1ccccc1)(c1ccccc1)c1ccccc1. The first-order valence-electron chi connectivity index (χ1n) is 6.84. The lowest BCUT2D eigenvalue weighted by molar-refractivity contribution is 0.590. The minimum absolute atomic E-state index is 0.806. The average Bonchev–Trinajstić information content (AvgIpc) is 2.57. The van der Waals surface area contributed by atoms with E-state index < -0.39 is 7.29 Å². The highest BCUT2D eigenvalue weighted by atomic mass is 31.2. The largest absolute Gasteiger partial charge is 0.329 e. The van der Waals surface area contributed by atoms with Crippen LogP contribution in [0.4, 0.5) is 5.69 Å². The van der Waals surface area contributed by atoms with Crippen LogP contribution in [-0.2, 0) is 4.57 Å². The van der Waals surface area contributed by atoms with Crippen LogP contribution in [0.3, 0.4) is 0 Å². The molecule has 0 heterocycles. The molecule has 3 rings (SSSR count). The summed E-state index contributed by atoms with van der Waals surface area (Å²) in [5.74, 6) is 0. The highest BCUT2D eigenvalue weighted by molar-refractivity contribution is 7.80. The number of rotatable bonds is 4. The van der Waals surface area contributed by atoms with Crippen LogP contribution >= 0.6 is 7.29 Å². The Morgan fingerprint density at radius 3 is 1.38 bits per heavy atom. The summed E-state index contributed by atoms with van der Waals surface area (Å²) < 4.78 is 13.7. The Morgan fingerprint density at radius 2 is 0.952 bits per heavy atom. The molecule has 0 radical (unpaired) electrons. The predicted molar refractivity (Wildman–Crippen MR) is 89.8 cm³/mol. The van der Waals surface area contributed by atoms with E-state index in [-0.39, 0.29) is 0 Å². The Bertz CT molecular complexity index is 698. The predicted octanol–water partition coefficient (Wildman–Crippen LogP) is 4.03. The van der Waals surface area contributed by atoms with Crippen LogP contribution in [0.2, 0.25) is 0 Å². The molecule has 0 unspecified atom stereocenters. The first-order chi connectivity index (χ1) is 10.3. The van der Waals surface area contributed by atoms with E-state index in [4.69, 9.17) is 0 Å². The van der Waals surface area contributed by atoms with Gasteiger partial charge in [-0.05, 0) is 36.4 Å². The molecule has 21 heavy (non-hydrogen) atoms. The summed E-state index contributed by atoms with van der Waals surface area (Å²) in [6.45, 7) is 0. The molecule has 0 saturated carbocycles. The Kier molecular flexibility index (Phi) is 3.89. The van der Waals surface area contributed by atoms with Crippen molar-refractivity contribution < 1.29 is 4.57 Å². The fraction of sp³-hybridized carbons (Fsp3) is 0. The van der Waals surface area contributed by atoms with Gasteiger partial charge < -0.3 is 5.09 Å². The molecular weight excluding hydrogens is 277 g/mol. The maximum Gasteiger partial charge on any atom is 0.227 e. The lowest BCUT2D eigenvalue weighted by Crippen LogP contribution is -2.21. The number of para-hydroxylation sites is 1. The van der Waals surface area contributed by atoms with Crippen LogP contribution in [0.5, 0.6) is 0 Å². The van der Waals surface area contributed by atoms with Gasteiger partial charge in [0.2, 0.25) is 7.29 Å². The van der Waals surface area contributed by atoms with E-state index in [1.807, 2.05) is 91.0 Å². The van der Waals surface area contributed by atoms with Gasteiger partial charge in [0, 0.05) is 16.3 Å². The number of nitrogens with one attached hydrogen (secondary N) is 1. The van der Waals surface area contributed by atoms with Crippen molar-refractivity contribution >= 4 is 23.6 Å². The zero-order chi connectivity index (χ0) is 14.5. The van der Waals surface area contributed by atoms with Crippen molar-refractivity contribution in [1.29, 1.82) is 0 Å². The summed E-state index contributed by atoms with van der Waals surface area (Å²) in [6.07, 6.45) is 0. The fourth-order valence-corrected chi connectivity index (χ4v) is 4.50. The maximum atomic E-state index is 13.7. The number of benzene rings is 3. The molecule has 0 bridgehead atoms. The topological polar surface area (TPSA) is 29.1 Å². The summed E-state index contributed by atoms with van der Waals surface area (Å²) in [6, 6.07) is 28.8. The normalized spacial score (nSPS) is 11.0. The van der Waals surface area contributed by atoms with Crippen molar-refractivity contribution in [3.63, 3.8) is 0 Å². The second-order valence-electron chi connectivity index (χ2n) is 4.76. The molecule has 0 atom stereocenters. The summed E-state index contributed by atoms with van der Waals surface area (Å²) in [5.41, 5.74) is 0.855. The third kappa shape index (κ3) is 2.91. The third-order valence-corrected chi connectivity index (χ3v) is 5.92. The Labute approximate surface area is 124 Å². The molecule has 1 N–H and O–H groups in total. The standard InChI is InChI=1S/C18H16NOP/c20-21(17-12-6-2-7-13-17,18-14-8-3-9-15-18)19-16-10-4-1-5-11-16/h1-15H,(H,19,20). The quantitative estimate of drug-likeness (QED) is 0.736. The van der Waals surface area contributed by atoms with Crippen molar-refractivity contribution in [1.82, 2.24) is 0 Å². The van der Waals surface area contributed by atoms with Crippen LogP contribution < -0.4 is 15.7 Å². The summed E-state index contributed by atoms with van der Waals surface area (Å²) >= 11 is 0. The van der Waals surface area contributed by atoms with Crippen LogP contribution in [0.1, 0.15) is 0 Å². The second-order valence-corrected chi connectivity index (χ2v) is 7.23. The van der Waals surface area contributed by atoms with Gasteiger partial charge in [-0.25, -0.2) is 0 Å². The molecule has 0 saturated heterocycles. The van der Waals surface area contributed by atoms with E-state index in [1.165, 1.54) is 0 Å². The van der Waals surface area contributed by atoms with Gasteiger partial charge in [-0.3, -0.25) is 4.57 Å². The van der Waals surface area contributed by atoms with E-state index in [2.05, 4.69) is 5.09 Å². The van der Waals surface area contributed by atoms with Gasteiger partial charge in [0.1, 0.15) is 0 Å². The fourth-order valence-electron chi connectivity index (χ4n) is 2.25. The van der Waals surface area contributed by atoms with E-state index >= 15 is 0 Å². The van der Waals surface area contributed by atoms with Crippen molar-refractivity contribution in [3.8, 4) is 0 Å². The molecule has 2 nitrogen and oxygen atoms in total. The first-order valence-corrected chi connectivity index (χ1v) is 8.54. The molecule has 3 heteroatoms. The molecule has 0 fully saturated rings. The molecule has 0 aromatic heterocycles. The Hall–Kier alpha value is -2.31. The zero-order valence-electron chi connectivity index (χ0n) is 11.5. The molecule has 3 aromatic carbocycles. The number of hydrogen-bond acceptors (Lipinski definition) is 1. The first kappa shape index (κ1) is 13.7. The molecule has 0 aliphatic heterocycles. The lowest BCUT2D eigenvalue weighted by Gasteiger charge is -2.21. The monoisotopic (exact) mass is 293 g/mol. The number of anilines is 1. The highest BCUT2D eigenvalue weighted by Crippen LogP contribution is 2.43. The molecule has 0 aliphatic rings. The van der Waals surface area contributed by atoms with Crippen molar-refractivity contribution in [2.75, 3.05) is 5.09 Å². The van der Waals surface area contributed by atoms with Gasteiger partial charge >= 0.3 is 0 Å². The van der Waals surface area contributed by atoms with Crippen LogP contribution in [0.15, 0.2) is 91.0 Å². The van der Waals surface area contributed by atoms with Crippen LogP contribution in [-0.4, -0.2) is 0 Å². The summed E-state index contributed by atoms with van der Waals surface area (Å²) in [4.78, 5) is 0. The smallest absolute Gasteiger partial charge is 0.227 e.